The molecule has 106 valence electrons. The Bertz CT molecular complexity index is 268. The lowest BCUT2D eigenvalue weighted by molar-refractivity contribution is -0.0364. The van der Waals surface area contributed by atoms with Gasteiger partial charge in [0.05, 0.1) is 0 Å². The van der Waals surface area contributed by atoms with Crippen LogP contribution >= 0.6 is 0 Å². The van der Waals surface area contributed by atoms with Gasteiger partial charge in [-0.3, -0.25) is 4.90 Å². The largest absolute Gasteiger partial charge is 0.329 e. The maximum Gasteiger partial charge on any atom is 0.0357 e. The fourth-order valence-corrected chi connectivity index (χ4v) is 4.61. The number of hydrogen-bond acceptors (Lipinski definition) is 2. The molecule has 1 saturated heterocycles. The molecule has 2 heteroatoms. The third-order valence-electron chi connectivity index (χ3n) is 5.60. The van der Waals surface area contributed by atoms with Crippen molar-refractivity contribution in [2.24, 2.45) is 29.4 Å². The number of rotatable bonds is 2. The van der Waals surface area contributed by atoms with Gasteiger partial charge in [0.1, 0.15) is 0 Å². The van der Waals surface area contributed by atoms with Gasteiger partial charge in [0.25, 0.3) is 0 Å². The van der Waals surface area contributed by atoms with E-state index in [0.717, 1.165) is 30.2 Å². The third-order valence-corrected chi connectivity index (χ3v) is 5.60. The highest BCUT2D eigenvalue weighted by Gasteiger charge is 2.45. The van der Waals surface area contributed by atoms with E-state index >= 15 is 0 Å². The van der Waals surface area contributed by atoms with E-state index in [2.05, 4.69) is 32.6 Å². The molecule has 0 aromatic carbocycles. The fraction of sp³-hybridized carbons (Fsp3) is 1.00. The van der Waals surface area contributed by atoms with Gasteiger partial charge in [-0.15, -0.1) is 0 Å². The van der Waals surface area contributed by atoms with Gasteiger partial charge >= 0.3 is 0 Å². The second kappa shape index (κ2) is 5.50. The van der Waals surface area contributed by atoms with E-state index in [0.29, 0.717) is 5.54 Å². The average molecular weight is 252 g/mol. The van der Waals surface area contributed by atoms with Gasteiger partial charge in [0, 0.05) is 25.2 Å². The molecule has 1 aliphatic carbocycles. The SMILES string of the molecule is CC1CCC(CN)(N2CC(C)CC(C)C2)C(C)C1. The van der Waals surface area contributed by atoms with E-state index in [4.69, 9.17) is 5.73 Å². The summed E-state index contributed by atoms with van der Waals surface area (Å²) >= 11 is 0. The molecule has 2 fully saturated rings. The molecule has 2 N–H and O–H groups in total. The molecule has 1 heterocycles. The Kier molecular flexibility index (Phi) is 4.38. The minimum absolute atomic E-state index is 0.301. The molecule has 2 aliphatic rings. The lowest BCUT2D eigenvalue weighted by atomic mass is 9.68. The standard InChI is InChI=1S/C16H32N2/c1-12-5-6-16(11-17,15(4)8-12)18-9-13(2)7-14(3)10-18/h12-15H,5-11,17H2,1-4H3. The van der Waals surface area contributed by atoms with Crippen LogP contribution < -0.4 is 5.73 Å². The molecule has 0 amide bonds. The predicted molar refractivity (Wildman–Crippen MR) is 78.5 cm³/mol. The van der Waals surface area contributed by atoms with Crippen LogP contribution in [0.3, 0.4) is 0 Å². The van der Waals surface area contributed by atoms with E-state index in [9.17, 15) is 0 Å². The third kappa shape index (κ3) is 2.60. The highest BCUT2D eigenvalue weighted by Crippen LogP contribution is 2.42. The molecular formula is C16H32N2. The van der Waals surface area contributed by atoms with E-state index in [-0.39, 0.29) is 0 Å². The van der Waals surface area contributed by atoms with Crippen molar-refractivity contribution < 1.29 is 0 Å². The van der Waals surface area contributed by atoms with E-state index in [1.165, 1.54) is 38.8 Å². The zero-order chi connectivity index (χ0) is 13.3. The van der Waals surface area contributed by atoms with E-state index in [1.807, 2.05) is 0 Å². The number of likely N-dealkylation sites (tertiary alicyclic amines) is 1. The van der Waals surface area contributed by atoms with Gasteiger partial charge in [-0.25, -0.2) is 0 Å². The lowest BCUT2D eigenvalue weighted by Gasteiger charge is -2.54. The first kappa shape index (κ1) is 14.3. The highest BCUT2D eigenvalue weighted by atomic mass is 15.2. The first-order chi connectivity index (χ1) is 8.48. The van der Waals surface area contributed by atoms with Crippen molar-refractivity contribution in [3.63, 3.8) is 0 Å². The highest BCUT2D eigenvalue weighted by molar-refractivity contribution is 5.01. The Morgan fingerprint density at radius 3 is 2.11 bits per heavy atom. The van der Waals surface area contributed by atoms with Crippen molar-refractivity contribution in [2.75, 3.05) is 19.6 Å². The second-order valence-corrected chi connectivity index (χ2v) is 7.44. The Labute approximate surface area is 113 Å². The smallest absolute Gasteiger partial charge is 0.0357 e. The van der Waals surface area contributed by atoms with Crippen LogP contribution in [0.4, 0.5) is 0 Å². The van der Waals surface area contributed by atoms with Crippen molar-refractivity contribution in [3.8, 4) is 0 Å². The zero-order valence-corrected chi connectivity index (χ0v) is 12.8. The van der Waals surface area contributed by atoms with Crippen LogP contribution in [-0.2, 0) is 0 Å². The number of piperidine rings is 1. The van der Waals surface area contributed by atoms with Crippen molar-refractivity contribution in [2.45, 2.75) is 58.9 Å². The second-order valence-electron chi connectivity index (χ2n) is 7.44. The van der Waals surface area contributed by atoms with Crippen LogP contribution in [-0.4, -0.2) is 30.1 Å². The minimum Gasteiger partial charge on any atom is -0.329 e. The number of nitrogens with two attached hydrogens (primary N) is 1. The summed E-state index contributed by atoms with van der Waals surface area (Å²) in [6, 6.07) is 0. The number of hydrogen-bond donors (Lipinski definition) is 1. The topological polar surface area (TPSA) is 29.3 Å². The van der Waals surface area contributed by atoms with Gasteiger partial charge in [0.15, 0.2) is 0 Å². The summed E-state index contributed by atoms with van der Waals surface area (Å²) in [6.07, 6.45) is 5.42. The molecule has 5 unspecified atom stereocenters. The van der Waals surface area contributed by atoms with Crippen molar-refractivity contribution in [3.05, 3.63) is 0 Å². The molecule has 18 heavy (non-hydrogen) atoms. The number of nitrogens with zero attached hydrogens (tertiary/aromatic N) is 1. The maximum atomic E-state index is 6.25. The summed E-state index contributed by atoms with van der Waals surface area (Å²) in [7, 11) is 0. The van der Waals surface area contributed by atoms with E-state index in [1.54, 1.807) is 0 Å². The van der Waals surface area contributed by atoms with E-state index < -0.39 is 0 Å². The first-order valence-electron chi connectivity index (χ1n) is 7.93. The molecule has 0 aromatic rings. The van der Waals surface area contributed by atoms with Crippen molar-refractivity contribution >= 4 is 0 Å². The summed E-state index contributed by atoms with van der Waals surface area (Å²) in [5.41, 5.74) is 6.56. The zero-order valence-electron chi connectivity index (χ0n) is 12.8. The molecule has 5 atom stereocenters. The van der Waals surface area contributed by atoms with Crippen LogP contribution in [0.1, 0.15) is 53.4 Å². The molecule has 2 nitrogen and oxygen atoms in total. The fourth-order valence-electron chi connectivity index (χ4n) is 4.61. The Hall–Kier alpha value is -0.0800. The van der Waals surface area contributed by atoms with Gasteiger partial charge in [-0.2, -0.15) is 0 Å². The average Bonchev–Trinajstić information content (AvgIpc) is 2.28. The molecule has 0 radical (unpaired) electrons. The monoisotopic (exact) mass is 252 g/mol. The first-order valence-corrected chi connectivity index (χ1v) is 7.93. The Morgan fingerprint density at radius 2 is 1.61 bits per heavy atom. The lowest BCUT2D eigenvalue weighted by Crippen LogP contribution is -2.63. The van der Waals surface area contributed by atoms with Crippen molar-refractivity contribution in [1.82, 2.24) is 4.90 Å². The molecule has 1 aliphatic heterocycles. The van der Waals surface area contributed by atoms with Gasteiger partial charge in [-0.1, -0.05) is 27.7 Å². The van der Waals surface area contributed by atoms with Gasteiger partial charge in [-0.05, 0) is 49.4 Å². The normalized spacial score (nSPS) is 47.2. The van der Waals surface area contributed by atoms with Crippen LogP contribution in [0, 0.1) is 23.7 Å². The molecule has 0 bridgehead atoms. The molecule has 1 saturated carbocycles. The van der Waals surface area contributed by atoms with Crippen LogP contribution in [0.5, 0.6) is 0 Å². The molecule has 0 aromatic heterocycles. The Balaban J connectivity index is 2.15. The maximum absolute atomic E-state index is 6.25. The molecule has 0 spiro atoms. The van der Waals surface area contributed by atoms with Crippen LogP contribution in [0.25, 0.3) is 0 Å². The summed E-state index contributed by atoms with van der Waals surface area (Å²) in [4.78, 5) is 2.77. The van der Waals surface area contributed by atoms with Gasteiger partial charge in [0.2, 0.25) is 0 Å². The summed E-state index contributed by atoms with van der Waals surface area (Å²) in [5.74, 6) is 3.32. The molecule has 2 rings (SSSR count). The predicted octanol–water partition coefficient (Wildman–Crippen LogP) is 3.12. The van der Waals surface area contributed by atoms with Crippen LogP contribution in [0.2, 0.25) is 0 Å². The van der Waals surface area contributed by atoms with Crippen LogP contribution in [0.15, 0.2) is 0 Å². The molecular weight excluding hydrogens is 220 g/mol. The van der Waals surface area contributed by atoms with Gasteiger partial charge < -0.3 is 5.73 Å². The Morgan fingerprint density at radius 1 is 1.00 bits per heavy atom. The summed E-state index contributed by atoms with van der Waals surface area (Å²) in [6.45, 7) is 13.0. The summed E-state index contributed by atoms with van der Waals surface area (Å²) < 4.78 is 0. The quantitative estimate of drug-likeness (QED) is 0.818. The van der Waals surface area contributed by atoms with Crippen molar-refractivity contribution in [1.29, 1.82) is 0 Å². The minimum atomic E-state index is 0.301. The summed E-state index contributed by atoms with van der Waals surface area (Å²) in [5, 5.41) is 0.